The minimum absolute atomic E-state index is 0.214. The fraction of sp³-hybridized carbons (Fsp3) is 1.00. The Labute approximate surface area is 89.3 Å². The molecule has 0 heterocycles. The van der Waals surface area contributed by atoms with Gasteiger partial charge >= 0.3 is 0 Å². The normalized spacial score (nSPS) is 14.4. The minimum Gasteiger partial charge on any atom is -0.392 e. The van der Waals surface area contributed by atoms with Crippen LogP contribution in [-0.4, -0.2) is 35.2 Å². The van der Waals surface area contributed by atoms with Crippen molar-refractivity contribution in [3.05, 3.63) is 0 Å². The maximum atomic E-state index is 9.43. The van der Waals surface area contributed by atoms with Crippen LogP contribution in [0.2, 0.25) is 0 Å². The van der Waals surface area contributed by atoms with Crippen LogP contribution in [0.15, 0.2) is 0 Å². The van der Waals surface area contributed by atoms with E-state index < -0.39 is 0 Å². The lowest BCUT2D eigenvalue weighted by molar-refractivity contribution is 0.0852. The molecule has 0 saturated carbocycles. The first-order valence-electron chi connectivity index (χ1n) is 5.93. The Hall–Kier alpha value is -0.0800. The Morgan fingerprint density at radius 1 is 1.00 bits per heavy atom. The van der Waals surface area contributed by atoms with Crippen LogP contribution >= 0.6 is 0 Å². The smallest absolute Gasteiger partial charge is 0.0639 e. The van der Waals surface area contributed by atoms with E-state index in [1.807, 2.05) is 6.92 Å². The molecule has 1 atom stereocenters. The summed E-state index contributed by atoms with van der Waals surface area (Å²) in [4.78, 5) is 2.43. The van der Waals surface area contributed by atoms with Gasteiger partial charge in [0.2, 0.25) is 0 Å². The molecule has 2 nitrogen and oxygen atoms in total. The number of hydrogen-bond acceptors (Lipinski definition) is 2. The summed E-state index contributed by atoms with van der Waals surface area (Å²) in [6, 6.07) is 0.631. The van der Waals surface area contributed by atoms with Gasteiger partial charge < -0.3 is 5.11 Å². The molecule has 0 fully saturated rings. The molecular weight excluding hydrogens is 174 g/mol. The van der Waals surface area contributed by atoms with Gasteiger partial charge in [-0.3, -0.25) is 4.90 Å². The number of rotatable bonds is 7. The van der Waals surface area contributed by atoms with Crippen molar-refractivity contribution in [1.29, 1.82) is 0 Å². The minimum atomic E-state index is -0.214. The van der Waals surface area contributed by atoms with E-state index in [0.717, 1.165) is 13.1 Å². The van der Waals surface area contributed by atoms with Crippen molar-refractivity contribution < 1.29 is 5.11 Å². The van der Waals surface area contributed by atoms with Crippen LogP contribution in [0.25, 0.3) is 0 Å². The lowest BCUT2D eigenvalue weighted by atomic mass is 10.1. The van der Waals surface area contributed by atoms with Gasteiger partial charge in [-0.2, -0.15) is 0 Å². The Morgan fingerprint density at radius 3 is 1.79 bits per heavy atom. The van der Waals surface area contributed by atoms with Crippen molar-refractivity contribution in [2.75, 3.05) is 13.1 Å². The van der Waals surface area contributed by atoms with E-state index in [-0.39, 0.29) is 6.10 Å². The highest BCUT2D eigenvalue weighted by atomic mass is 16.3. The van der Waals surface area contributed by atoms with E-state index in [0.29, 0.717) is 12.0 Å². The van der Waals surface area contributed by atoms with Gasteiger partial charge in [0.05, 0.1) is 6.10 Å². The van der Waals surface area contributed by atoms with E-state index >= 15 is 0 Å². The van der Waals surface area contributed by atoms with Crippen LogP contribution in [0.4, 0.5) is 0 Å². The summed E-state index contributed by atoms with van der Waals surface area (Å²) in [5, 5.41) is 9.43. The van der Waals surface area contributed by atoms with Gasteiger partial charge in [-0.05, 0) is 25.7 Å². The zero-order valence-electron chi connectivity index (χ0n) is 10.5. The second kappa shape index (κ2) is 7.24. The first kappa shape index (κ1) is 13.9. The number of aliphatic hydroxyl groups is 1. The van der Waals surface area contributed by atoms with Crippen molar-refractivity contribution in [3.63, 3.8) is 0 Å². The molecule has 0 bridgehead atoms. The lowest BCUT2D eigenvalue weighted by Crippen LogP contribution is -2.41. The number of nitrogens with zero attached hydrogens (tertiary/aromatic N) is 1. The Morgan fingerprint density at radius 2 is 1.50 bits per heavy atom. The highest BCUT2D eigenvalue weighted by Crippen LogP contribution is 2.11. The molecule has 0 spiro atoms. The van der Waals surface area contributed by atoms with Crippen LogP contribution in [0.1, 0.15) is 47.5 Å². The van der Waals surface area contributed by atoms with Crippen LogP contribution in [0.3, 0.4) is 0 Å². The molecule has 0 saturated heterocycles. The van der Waals surface area contributed by atoms with Crippen molar-refractivity contribution in [2.24, 2.45) is 5.92 Å². The predicted molar refractivity (Wildman–Crippen MR) is 62.5 cm³/mol. The Balaban J connectivity index is 4.20. The molecule has 0 aromatic heterocycles. The molecule has 0 aromatic carbocycles. The molecule has 86 valence electrons. The first-order chi connectivity index (χ1) is 6.51. The summed E-state index contributed by atoms with van der Waals surface area (Å²) in [5.74, 6) is 0.675. The Bertz CT molecular complexity index is 120. The predicted octanol–water partition coefficient (Wildman–Crippen LogP) is 2.51. The molecule has 0 radical (unpaired) electrons. The van der Waals surface area contributed by atoms with Crippen LogP contribution < -0.4 is 0 Å². The first-order valence-corrected chi connectivity index (χ1v) is 5.93. The molecule has 0 aromatic rings. The van der Waals surface area contributed by atoms with Crippen LogP contribution in [0, 0.1) is 5.92 Å². The molecule has 0 amide bonds. The van der Waals surface area contributed by atoms with Gasteiger partial charge in [-0.25, -0.2) is 0 Å². The summed E-state index contributed by atoms with van der Waals surface area (Å²) >= 11 is 0. The SMILES string of the molecule is CCC(CC)N(CC(C)C)CC(C)O. The fourth-order valence-electron chi connectivity index (χ4n) is 1.99. The van der Waals surface area contributed by atoms with E-state index in [1.165, 1.54) is 12.8 Å². The molecule has 0 rings (SSSR count). The standard InChI is InChI=1S/C12H27NO/c1-6-12(7-2)13(8-10(3)4)9-11(5)14/h10-12,14H,6-9H2,1-5H3. The summed E-state index contributed by atoms with van der Waals surface area (Å²) in [5.41, 5.74) is 0. The van der Waals surface area contributed by atoms with E-state index in [2.05, 4.69) is 32.6 Å². The molecule has 0 aliphatic heterocycles. The average molecular weight is 201 g/mol. The maximum Gasteiger partial charge on any atom is 0.0639 e. The highest BCUT2D eigenvalue weighted by Gasteiger charge is 2.17. The summed E-state index contributed by atoms with van der Waals surface area (Å²) in [6.45, 7) is 12.7. The number of hydrogen-bond donors (Lipinski definition) is 1. The molecule has 0 aliphatic carbocycles. The quantitative estimate of drug-likeness (QED) is 0.684. The van der Waals surface area contributed by atoms with E-state index in [1.54, 1.807) is 0 Å². The largest absolute Gasteiger partial charge is 0.392 e. The third-order valence-corrected chi connectivity index (χ3v) is 2.56. The maximum absolute atomic E-state index is 9.43. The van der Waals surface area contributed by atoms with Crippen molar-refractivity contribution in [1.82, 2.24) is 4.90 Å². The topological polar surface area (TPSA) is 23.5 Å². The van der Waals surface area contributed by atoms with Gasteiger partial charge in [-0.1, -0.05) is 27.7 Å². The van der Waals surface area contributed by atoms with Crippen molar-refractivity contribution >= 4 is 0 Å². The van der Waals surface area contributed by atoms with Gasteiger partial charge in [0.1, 0.15) is 0 Å². The van der Waals surface area contributed by atoms with Crippen molar-refractivity contribution in [3.8, 4) is 0 Å². The van der Waals surface area contributed by atoms with Gasteiger partial charge in [0, 0.05) is 19.1 Å². The summed E-state index contributed by atoms with van der Waals surface area (Å²) < 4.78 is 0. The van der Waals surface area contributed by atoms with Crippen molar-refractivity contribution in [2.45, 2.75) is 59.6 Å². The third-order valence-electron chi connectivity index (χ3n) is 2.56. The molecule has 14 heavy (non-hydrogen) atoms. The Kier molecular flexibility index (Phi) is 7.20. The molecule has 2 heteroatoms. The fourth-order valence-corrected chi connectivity index (χ4v) is 1.99. The zero-order chi connectivity index (χ0) is 11.1. The van der Waals surface area contributed by atoms with E-state index in [9.17, 15) is 5.11 Å². The van der Waals surface area contributed by atoms with E-state index in [4.69, 9.17) is 0 Å². The van der Waals surface area contributed by atoms with Gasteiger partial charge in [-0.15, -0.1) is 0 Å². The van der Waals surface area contributed by atoms with Gasteiger partial charge in [0.15, 0.2) is 0 Å². The monoisotopic (exact) mass is 201 g/mol. The average Bonchev–Trinajstić information content (AvgIpc) is 2.03. The summed E-state index contributed by atoms with van der Waals surface area (Å²) in [7, 11) is 0. The third kappa shape index (κ3) is 5.61. The zero-order valence-corrected chi connectivity index (χ0v) is 10.5. The lowest BCUT2D eigenvalue weighted by Gasteiger charge is -2.32. The number of aliphatic hydroxyl groups excluding tert-OH is 1. The molecule has 0 aliphatic rings. The van der Waals surface area contributed by atoms with Crippen LogP contribution in [0.5, 0.6) is 0 Å². The van der Waals surface area contributed by atoms with Crippen LogP contribution in [-0.2, 0) is 0 Å². The highest BCUT2D eigenvalue weighted by molar-refractivity contribution is 4.72. The molecular formula is C12H27NO. The van der Waals surface area contributed by atoms with Gasteiger partial charge in [0.25, 0.3) is 0 Å². The molecule has 1 unspecified atom stereocenters. The summed E-state index contributed by atoms with van der Waals surface area (Å²) in [6.07, 6.45) is 2.14. The molecule has 1 N–H and O–H groups in total. The second-order valence-electron chi connectivity index (χ2n) is 4.67. The second-order valence-corrected chi connectivity index (χ2v) is 4.67.